The van der Waals surface area contributed by atoms with Crippen LogP contribution in [0.4, 0.5) is 5.69 Å². The van der Waals surface area contributed by atoms with E-state index >= 15 is 0 Å². The second-order valence-electron chi connectivity index (χ2n) is 9.48. The molecule has 1 aliphatic heterocycles. The van der Waals surface area contributed by atoms with Gasteiger partial charge in [-0.2, -0.15) is 0 Å². The van der Waals surface area contributed by atoms with Crippen molar-refractivity contribution >= 4 is 28.5 Å². The van der Waals surface area contributed by atoms with Crippen LogP contribution in [0.3, 0.4) is 0 Å². The Morgan fingerprint density at radius 3 is 2.52 bits per heavy atom. The molecule has 1 aliphatic rings. The van der Waals surface area contributed by atoms with Gasteiger partial charge in [-0.15, -0.1) is 5.10 Å². The Bertz CT molecular complexity index is 1430. The lowest BCUT2D eigenvalue weighted by Crippen LogP contribution is -2.46. The zero-order chi connectivity index (χ0) is 27.9. The molecule has 1 saturated heterocycles. The number of amides is 2. The van der Waals surface area contributed by atoms with Gasteiger partial charge < -0.3 is 19.5 Å². The number of benzene rings is 3. The van der Waals surface area contributed by atoms with Gasteiger partial charge in [-0.3, -0.25) is 14.5 Å². The maximum absolute atomic E-state index is 14.1. The minimum atomic E-state index is -0.965. The average molecular weight is 544 g/mol. The number of carbonyl (C=O) groups excluding carboxylic acids is 2. The molecule has 40 heavy (non-hydrogen) atoms. The molecule has 0 radical (unpaired) electrons. The molecular formula is C30H33N5O5. The highest BCUT2D eigenvalue weighted by Gasteiger charge is 2.34. The van der Waals surface area contributed by atoms with Crippen LogP contribution in [0.25, 0.3) is 11.0 Å². The quantitative estimate of drug-likeness (QED) is 0.306. The standard InChI is InChI=1S/C30H33N5O5/c1-3-39-24-16-12-22(13-17-24)35(28(36)20-34-27-9-5-4-8-26(27)32-33-34)29(21-10-14-23(38-2)15-11-21)30(37)31-19-25-7-6-18-40-25/h4-5,8-17,25,29H,3,6-7,18-20H2,1-2H3,(H,31,37)/t25-,29+/m0/s1. The Hall–Kier alpha value is -4.44. The fourth-order valence-electron chi connectivity index (χ4n) is 4.87. The predicted molar refractivity (Wildman–Crippen MR) is 150 cm³/mol. The van der Waals surface area contributed by atoms with E-state index in [1.165, 1.54) is 4.90 Å². The number of hydrogen-bond donors (Lipinski definition) is 1. The maximum atomic E-state index is 14.1. The van der Waals surface area contributed by atoms with Crippen LogP contribution < -0.4 is 19.7 Å². The third kappa shape index (κ3) is 6.07. The highest BCUT2D eigenvalue weighted by molar-refractivity contribution is 6.01. The molecule has 0 unspecified atom stereocenters. The lowest BCUT2D eigenvalue weighted by atomic mass is 10.0. The second kappa shape index (κ2) is 12.6. The summed E-state index contributed by atoms with van der Waals surface area (Å²) in [6.45, 7) is 3.36. The molecule has 0 bridgehead atoms. The summed E-state index contributed by atoms with van der Waals surface area (Å²) in [6, 6.07) is 20.8. The number of nitrogens with zero attached hydrogens (tertiary/aromatic N) is 4. The number of carbonyl (C=O) groups is 2. The van der Waals surface area contributed by atoms with Gasteiger partial charge in [0.15, 0.2) is 0 Å². The SMILES string of the molecule is CCOc1ccc(N(C(=O)Cn2nnc3ccccc32)[C@@H](C(=O)NC[C@@H]2CCCO2)c2ccc(OC)cc2)cc1. The van der Waals surface area contributed by atoms with Crippen LogP contribution in [-0.4, -0.2) is 59.8 Å². The molecule has 0 saturated carbocycles. The van der Waals surface area contributed by atoms with E-state index in [1.54, 1.807) is 60.3 Å². The summed E-state index contributed by atoms with van der Waals surface area (Å²) >= 11 is 0. The molecular weight excluding hydrogens is 510 g/mol. The van der Waals surface area contributed by atoms with Gasteiger partial charge in [0.1, 0.15) is 29.6 Å². The van der Waals surface area contributed by atoms with Crippen molar-refractivity contribution in [3.63, 3.8) is 0 Å². The largest absolute Gasteiger partial charge is 0.497 e. The van der Waals surface area contributed by atoms with Gasteiger partial charge in [-0.1, -0.05) is 29.5 Å². The van der Waals surface area contributed by atoms with Gasteiger partial charge in [-0.05, 0) is 73.9 Å². The topological polar surface area (TPSA) is 108 Å². The third-order valence-electron chi connectivity index (χ3n) is 6.87. The molecule has 1 aromatic heterocycles. The predicted octanol–water partition coefficient (Wildman–Crippen LogP) is 3.91. The summed E-state index contributed by atoms with van der Waals surface area (Å²) < 4.78 is 18.2. The molecule has 1 N–H and O–H groups in total. The van der Waals surface area contributed by atoms with Crippen LogP contribution in [0, 0.1) is 0 Å². The van der Waals surface area contributed by atoms with Crippen LogP contribution in [0.1, 0.15) is 31.4 Å². The third-order valence-corrected chi connectivity index (χ3v) is 6.87. The van der Waals surface area contributed by atoms with Crippen molar-refractivity contribution in [2.45, 2.75) is 38.5 Å². The lowest BCUT2D eigenvalue weighted by molar-refractivity contribution is -0.127. The fourth-order valence-corrected chi connectivity index (χ4v) is 4.87. The molecule has 2 heterocycles. The van der Waals surface area contributed by atoms with Crippen molar-refractivity contribution in [2.75, 3.05) is 31.8 Å². The second-order valence-corrected chi connectivity index (χ2v) is 9.48. The van der Waals surface area contributed by atoms with Crippen molar-refractivity contribution in [3.8, 4) is 11.5 Å². The van der Waals surface area contributed by atoms with Crippen LogP contribution in [-0.2, 0) is 20.9 Å². The summed E-state index contributed by atoms with van der Waals surface area (Å²) in [4.78, 5) is 29.6. The molecule has 0 aliphatic carbocycles. The van der Waals surface area contributed by atoms with Gasteiger partial charge in [0, 0.05) is 18.8 Å². The van der Waals surface area contributed by atoms with Crippen molar-refractivity contribution in [2.24, 2.45) is 0 Å². The Balaban J connectivity index is 1.53. The average Bonchev–Trinajstić information content (AvgIpc) is 3.66. The van der Waals surface area contributed by atoms with Gasteiger partial charge in [0.25, 0.3) is 0 Å². The maximum Gasteiger partial charge on any atom is 0.249 e. The normalized spacial score (nSPS) is 15.5. The van der Waals surface area contributed by atoms with Gasteiger partial charge in [-0.25, -0.2) is 4.68 Å². The van der Waals surface area contributed by atoms with Crippen molar-refractivity contribution in [1.29, 1.82) is 0 Å². The molecule has 1 fully saturated rings. The van der Waals surface area contributed by atoms with Crippen molar-refractivity contribution < 1.29 is 23.8 Å². The number of anilines is 1. The number of methoxy groups -OCH3 is 1. The summed E-state index contributed by atoms with van der Waals surface area (Å²) in [5, 5.41) is 11.4. The van der Waals surface area contributed by atoms with E-state index in [-0.39, 0.29) is 24.5 Å². The van der Waals surface area contributed by atoms with E-state index in [9.17, 15) is 9.59 Å². The van der Waals surface area contributed by atoms with Crippen LogP contribution in [0.5, 0.6) is 11.5 Å². The summed E-state index contributed by atoms with van der Waals surface area (Å²) in [5.41, 5.74) is 2.59. The summed E-state index contributed by atoms with van der Waals surface area (Å²) in [7, 11) is 1.58. The Morgan fingerprint density at radius 2 is 1.82 bits per heavy atom. The smallest absolute Gasteiger partial charge is 0.249 e. The number of para-hydroxylation sites is 1. The minimum Gasteiger partial charge on any atom is -0.497 e. The van der Waals surface area contributed by atoms with E-state index in [0.717, 1.165) is 18.4 Å². The van der Waals surface area contributed by atoms with Crippen molar-refractivity contribution in [1.82, 2.24) is 20.3 Å². The fraction of sp³-hybridized carbons (Fsp3) is 0.333. The first-order valence-corrected chi connectivity index (χ1v) is 13.4. The first-order valence-electron chi connectivity index (χ1n) is 13.4. The van der Waals surface area contributed by atoms with Gasteiger partial charge in [0.2, 0.25) is 11.8 Å². The number of rotatable bonds is 11. The Labute approximate surface area is 232 Å². The number of nitrogens with one attached hydrogen (secondary N) is 1. The van der Waals surface area contributed by atoms with E-state index in [0.29, 0.717) is 48.0 Å². The molecule has 4 aromatic rings. The number of aromatic nitrogens is 3. The monoisotopic (exact) mass is 543 g/mol. The van der Waals surface area contributed by atoms with Crippen LogP contribution >= 0.6 is 0 Å². The van der Waals surface area contributed by atoms with E-state index < -0.39 is 6.04 Å². The molecule has 0 spiro atoms. The highest BCUT2D eigenvalue weighted by Crippen LogP contribution is 2.31. The van der Waals surface area contributed by atoms with E-state index in [2.05, 4.69) is 15.6 Å². The number of hydrogen-bond acceptors (Lipinski definition) is 7. The highest BCUT2D eigenvalue weighted by atomic mass is 16.5. The molecule has 10 nitrogen and oxygen atoms in total. The molecule has 2 atom stereocenters. The zero-order valence-corrected chi connectivity index (χ0v) is 22.7. The minimum absolute atomic E-state index is 0.0448. The number of ether oxygens (including phenoxy) is 3. The van der Waals surface area contributed by atoms with E-state index in [1.807, 2.05) is 31.2 Å². The number of fused-ring (bicyclic) bond motifs is 1. The Kier molecular flexibility index (Phi) is 8.56. The molecule has 208 valence electrons. The lowest BCUT2D eigenvalue weighted by Gasteiger charge is -2.32. The first kappa shape index (κ1) is 27.1. The molecule has 5 rings (SSSR count). The molecule has 3 aromatic carbocycles. The molecule has 2 amide bonds. The summed E-state index contributed by atoms with van der Waals surface area (Å²) in [5.74, 6) is 0.680. The first-order chi connectivity index (χ1) is 19.6. The Morgan fingerprint density at radius 1 is 1.07 bits per heavy atom. The van der Waals surface area contributed by atoms with Crippen LogP contribution in [0.15, 0.2) is 72.8 Å². The van der Waals surface area contributed by atoms with Crippen molar-refractivity contribution in [3.05, 3.63) is 78.4 Å². The van der Waals surface area contributed by atoms with Crippen LogP contribution in [0.2, 0.25) is 0 Å². The summed E-state index contributed by atoms with van der Waals surface area (Å²) in [6.07, 6.45) is 1.80. The van der Waals surface area contributed by atoms with Gasteiger partial charge >= 0.3 is 0 Å². The van der Waals surface area contributed by atoms with E-state index in [4.69, 9.17) is 14.2 Å². The zero-order valence-electron chi connectivity index (χ0n) is 22.7. The van der Waals surface area contributed by atoms with Gasteiger partial charge in [0.05, 0.1) is 25.3 Å². The molecule has 10 heteroatoms.